The quantitative estimate of drug-likeness (QED) is 0.859. The standard InChI is InChI=1S/C16H21N3/c1-2-11-19(10-1)13-14-5-7-15(8-6-14)18-12-16-4-3-9-17-16/h3-9,17-18H,1-2,10-13H2. The molecule has 1 aromatic carbocycles. The number of anilines is 1. The van der Waals surface area contributed by atoms with Crippen molar-refractivity contribution in [2.75, 3.05) is 18.4 Å². The predicted octanol–water partition coefficient (Wildman–Crippen LogP) is 3.22. The van der Waals surface area contributed by atoms with Gasteiger partial charge in [-0.1, -0.05) is 12.1 Å². The van der Waals surface area contributed by atoms with Crippen molar-refractivity contribution in [3.8, 4) is 0 Å². The van der Waals surface area contributed by atoms with E-state index in [0.29, 0.717) is 0 Å². The normalized spacial score (nSPS) is 15.8. The van der Waals surface area contributed by atoms with E-state index < -0.39 is 0 Å². The smallest absolute Gasteiger partial charge is 0.0551 e. The largest absolute Gasteiger partial charge is 0.379 e. The molecule has 2 aromatic rings. The molecule has 2 N–H and O–H groups in total. The van der Waals surface area contributed by atoms with Gasteiger partial charge in [0.25, 0.3) is 0 Å². The van der Waals surface area contributed by atoms with E-state index in [2.05, 4.69) is 45.5 Å². The molecule has 0 amide bonds. The Morgan fingerprint density at radius 2 is 1.84 bits per heavy atom. The van der Waals surface area contributed by atoms with E-state index in [-0.39, 0.29) is 0 Å². The second-order valence-corrected chi connectivity index (χ2v) is 5.23. The van der Waals surface area contributed by atoms with Gasteiger partial charge in [0, 0.05) is 24.1 Å². The summed E-state index contributed by atoms with van der Waals surface area (Å²) in [6.45, 7) is 4.45. The molecule has 0 aliphatic carbocycles. The minimum absolute atomic E-state index is 0.846. The maximum atomic E-state index is 3.42. The third kappa shape index (κ3) is 3.38. The molecule has 3 rings (SSSR count). The summed E-state index contributed by atoms with van der Waals surface area (Å²) >= 11 is 0. The fourth-order valence-corrected chi connectivity index (χ4v) is 2.60. The molecule has 1 saturated heterocycles. The molecule has 1 aliphatic rings. The fourth-order valence-electron chi connectivity index (χ4n) is 2.60. The summed E-state index contributed by atoms with van der Waals surface area (Å²) in [5, 5.41) is 3.42. The van der Waals surface area contributed by atoms with E-state index in [1.807, 2.05) is 12.3 Å². The number of likely N-dealkylation sites (tertiary alicyclic amines) is 1. The first-order valence-corrected chi connectivity index (χ1v) is 7.07. The Kier molecular flexibility index (Phi) is 3.84. The first-order chi connectivity index (χ1) is 9.40. The van der Waals surface area contributed by atoms with E-state index in [4.69, 9.17) is 0 Å². The molecule has 1 fully saturated rings. The molecule has 0 bridgehead atoms. The molecule has 3 nitrogen and oxygen atoms in total. The molecule has 100 valence electrons. The summed E-state index contributed by atoms with van der Waals surface area (Å²) in [4.78, 5) is 5.73. The monoisotopic (exact) mass is 255 g/mol. The van der Waals surface area contributed by atoms with Crippen LogP contribution in [0.25, 0.3) is 0 Å². The summed E-state index contributed by atoms with van der Waals surface area (Å²) in [5.41, 5.74) is 3.80. The van der Waals surface area contributed by atoms with Crippen LogP contribution >= 0.6 is 0 Å². The van der Waals surface area contributed by atoms with Crippen LogP contribution in [0.3, 0.4) is 0 Å². The average molecular weight is 255 g/mol. The summed E-state index contributed by atoms with van der Waals surface area (Å²) in [7, 11) is 0. The van der Waals surface area contributed by atoms with Gasteiger partial charge in [0.2, 0.25) is 0 Å². The lowest BCUT2D eigenvalue weighted by molar-refractivity contribution is 0.331. The van der Waals surface area contributed by atoms with Crippen molar-refractivity contribution < 1.29 is 0 Å². The second kappa shape index (κ2) is 5.93. The zero-order valence-electron chi connectivity index (χ0n) is 11.2. The van der Waals surface area contributed by atoms with Crippen LogP contribution in [0.4, 0.5) is 5.69 Å². The Morgan fingerprint density at radius 1 is 1.05 bits per heavy atom. The number of hydrogen-bond acceptors (Lipinski definition) is 2. The lowest BCUT2D eigenvalue weighted by Gasteiger charge is -2.14. The predicted molar refractivity (Wildman–Crippen MR) is 79.1 cm³/mol. The summed E-state index contributed by atoms with van der Waals surface area (Å²) in [5.74, 6) is 0. The lowest BCUT2D eigenvalue weighted by Crippen LogP contribution is -2.18. The highest BCUT2D eigenvalue weighted by Gasteiger charge is 2.11. The summed E-state index contributed by atoms with van der Waals surface area (Å²) < 4.78 is 0. The maximum absolute atomic E-state index is 3.42. The van der Waals surface area contributed by atoms with Crippen LogP contribution in [0, 0.1) is 0 Å². The molecule has 0 unspecified atom stereocenters. The number of aromatic nitrogens is 1. The van der Waals surface area contributed by atoms with E-state index in [1.54, 1.807) is 0 Å². The van der Waals surface area contributed by atoms with Crippen molar-refractivity contribution in [2.24, 2.45) is 0 Å². The van der Waals surface area contributed by atoms with Crippen LogP contribution in [-0.2, 0) is 13.1 Å². The number of aromatic amines is 1. The van der Waals surface area contributed by atoms with Crippen molar-refractivity contribution in [3.63, 3.8) is 0 Å². The first-order valence-electron chi connectivity index (χ1n) is 7.07. The molecule has 19 heavy (non-hydrogen) atoms. The molecule has 1 aromatic heterocycles. The zero-order chi connectivity index (χ0) is 12.9. The molecule has 3 heteroatoms. The van der Waals surface area contributed by atoms with Crippen LogP contribution < -0.4 is 5.32 Å². The van der Waals surface area contributed by atoms with E-state index in [0.717, 1.165) is 13.1 Å². The van der Waals surface area contributed by atoms with Crippen molar-refractivity contribution in [2.45, 2.75) is 25.9 Å². The highest BCUT2D eigenvalue weighted by atomic mass is 15.1. The van der Waals surface area contributed by atoms with Crippen molar-refractivity contribution in [1.82, 2.24) is 9.88 Å². The Labute approximate surface area is 114 Å². The van der Waals surface area contributed by atoms with Gasteiger partial charge < -0.3 is 10.3 Å². The van der Waals surface area contributed by atoms with Crippen LogP contribution in [0.15, 0.2) is 42.6 Å². The van der Waals surface area contributed by atoms with Gasteiger partial charge in [-0.05, 0) is 55.8 Å². The lowest BCUT2D eigenvalue weighted by atomic mass is 10.2. The van der Waals surface area contributed by atoms with Gasteiger partial charge in [-0.2, -0.15) is 0 Å². The van der Waals surface area contributed by atoms with Crippen molar-refractivity contribution >= 4 is 5.69 Å². The third-order valence-electron chi connectivity index (χ3n) is 3.70. The minimum Gasteiger partial charge on any atom is -0.379 e. The van der Waals surface area contributed by atoms with Gasteiger partial charge in [0.1, 0.15) is 0 Å². The number of nitrogens with zero attached hydrogens (tertiary/aromatic N) is 1. The molecular weight excluding hydrogens is 234 g/mol. The number of hydrogen-bond donors (Lipinski definition) is 2. The number of nitrogens with one attached hydrogen (secondary N) is 2. The van der Waals surface area contributed by atoms with Gasteiger partial charge in [-0.15, -0.1) is 0 Å². The second-order valence-electron chi connectivity index (χ2n) is 5.23. The molecule has 0 saturated carbocycles. The molecule has 0 spiro atoms. The van der Waals surface area contributed by atoms with Crippen LogP contribution in [0.5, 0.6) is 0 Å². The van der Waals surface area contributed by atoms with E-state index in [9.17, 15) is 0 Å². The first kappa shape index (κ1) is 12.3. The molecule has 0 radical (unpaired) electrons. The third-order valence-corrected chi connectivity index (χ3v) is 3.70. The molecule has 0 atom stereocenters. The SMILES string of the molecule is c1c[nH]c(CNc2ccc(CN3CCCC3)cc2)c1. The van der Waals surface area contributed by atoms with Gasteiger partial charge in [-0.3, -0.25) is 4.90 Å². The van der Waals surface area contributed by atoms with Gasteiger partial charge in [-0.25, -0.2) is 0 Å². The summed E-state index contributed by atoms with van der Waals surface area (Å²) in [6.07, 6.45) is 4.67. The number of rotatable bonds is 5. The van der Waals surface area contributed by atoms with Crippen molar-refractivity contribution in [3.05, 3.63) is 53.9 Å². The van der Waals surface area contributed by atoms with Crippen LogP contribution in [-0.4, -0.2) is 23.0 Å². The van der Waals surface area contributed by atoms with E-state index >= 15 is 0 Å². The van der Waals surface area contributed by atoms with Gasteiger partial charge in [0.05, 0.1) is 6.54 Å². The highest BCUT2D eigenvalue weighted by molar-refractivity contribution is 5.44. The Morgan fingerprint density at radius 3 is 2.53 bits per heavy atom. The van der Waals surface area contributed by atoms with Crippen LogP contribution in [0.1, 0.15) is 24.1 Å². The molecule has 1 aliphatic heterocycles. The highest BCUT2D eigenvalue weighted by Crippen LogP contribution is 2.15. The molecular formula is C16H21N3. The fraction of sp³-hybridized carbons (Fsp3) is 0.375. The topological polar surface area (TPSA) is 31.1 Å². The van der Waals surface area contributed by atoms with Gasteiger partial charge in [0.15, 0.2) is 0 Å². The average Bonchev–Trinajstić information content (AvgIpc) is 3.11. The zero-order valence-corrected chi connectivity index (χ0v) is 11.2. The van der Waals surface area contributed by atoms with E-state index in [1.165, 1.54) is 42.9 Å². The number of benzene rings is 1. The molecule has 2 heterocycles. The Hall–Kier alpha value is -1.74. The summed E-state index contributed by atoms with van der Waals surface area (Å²) in [6, 6.07) is 12.9. The minimum atomic E-state index is 0.846. The van der Waals surface area contributed by atoms with Crippen molar-refractivity contribution in [1.29, 1.82) is 0 Å². The maximum Gasteiger partial charge on any atom is 0.0551 e. The Bertz CT molecular complexity index is 481. The van der Waals surface area contributed by atoms with Crippen LogP contribution in [0.2, 0.25) is 0 Å². The van der Waals surface area contributed by atoms with Gasteiger partial charge >= 0.3 is 0 Å². The number of H-pyrrole nitrogens is 1. The Balaban J connectivity index is 1.53.